The number of imide groups is 1. The average molecular weight is 426 g/mol. The predicted molar refractivity (Wildman–Crippen MR) is 117 cm³/mol. The molecule has 3 rings (SSSR count). The minimum Gasteiger partial charge on any atom is -0.319 e. The SMILES string of the molecule is CCCC[C@@]1(c2ccc(F)cc2)NC(=O)N(CC(=O)N(c2ccccc2)C(C)C)C1=O. The van der Waals surface area contributed by atoms with Gasteiger partial charge in [0.15, 0.2) is 0 Å². The summed E-state index contributed by atoms with van der Waals surface area (Å²) in [4.78, 5) is 42.0. The summed E-state index contributed by atoms with van der Waals surface area (Å²) < 4.78 is 13.5. The molecule has 0 bridgehead atoms. The third-order valence-electron chi connectivity index (χ3n) is 5.53. The first-order valence-electron chi connectivity index (χ1n) is 10.6. The van der Waals surface area contributed by atoms with Gasteiger partial charge in [-0.25, -0.2) is 9.18 Å². The Hall–Kier alpha value is -3.22. The van der Waals surface area contributed by atoms with E-state index >= 15 is 0 Å². The van der Waals surface area contributed by atoms with Crippen molar-refractivity contribution >= 4 is 23.5 Å². The summed E-state index contributed by atoms with van der Waals surface area (Å²) in [5.41, 5.74) is -0.0824. The van der Waals surface area contributed by atoms with Crippen molar-refractivity contribution in [1.82, 2.24) is 10.2 Å². The maximum atomic E-state index is 13.5. The van der Waals surface area contributed by atoms with Crippen LogP contribution in [0.25, 0.3) is 0 Å². The number of carbonyl (C=O) groups is 3. The number of unbranched alkanes of at least 4 members (excludes halogenated alkanes) is 1. The molecule has 7 heteroatoms. The van der Waals surface area contributed by atoms with Crippen LogP contribution in [0.1, 0.15) is 45.6 Å². The molecule has 0 saturated carbocycles. The standard InChI is InChI=1S/C24H28FN3O3/c1-4-5-15-24(18-11-13-19(25)14-12-18)22(30)27(23(31)26-24)16-21(29)28(17(2)3)20-9-7-6-8-10-20/h6-14,17H,4-5,15-16H2,1-3H3,(H,26,31)/t24-/m0/s1. The molecule has 4 amide bonds. The average Bonchev–Trinajstić information content (AvgIpc) is 2.98. The summed E-state index contributed by atoms with van der Waals surface area (Å²) in [6, 6.07) is 13.9. The minimum atomic E-state index is -1.30. The molecule has 1 aliphatic rings. The molecule has 0 unspecified atom stereocenters. The molecular formula is C24H28FN3O3. The van der Waals surface area contributed by atoms with Gasteiger partial charge in [-0.05, 0) is 50.1 Å². The fourth-order valence-electron chi connectivity index (χ4n) is 3.99. The smallest absolute Gasteiger partial charge is 0.319 e. The molecule has 1 saturated heterocycles. The van der Waals surface area contributed by atoms with E-state index in [0.717, 1.165) is 11.3 Å². The quantitative estimate of drug-likeness (QED) is 0.645. The fraction of sp³-hybridized carbons (Fsp3) is 0.375. The number of urea groups is 1. The zero-order valence-electron chi connectivity index (χ0n) is 18.1. The van der Waals surface area contributed by atoms with Crippen LogP contribution in [0.15, 0.2) is 54.6 Å². The lowest BCUT2D eigenvalue weighted by atomic mass is 9.85. The molecule has 1 heterocycles. The number of benzene rings is 2. The van der Waals surface area contributed by atoms with Crippen molar-refractivity contribution in [2.45, 2.75) is 51.6 Å². The monoisotopic (exact) mass is 425 g/mol. The van der Waals surface area contributed by atoms with Gasteiger partial charge < -0.3 is 10.2 Å². The van der Waals surface area contributed by atoms with E-state index in [0.29, 0.717) is 24.1 Å². The summed E-state index contributed by atoms with van der Waals surface area (Å²) in [6.07, 6.45) is 1.88. The van der Waals surface area contributed by atoms with E-state index in [9.17, 15) is 18.8 Å². The third-order valence-corrected chi connectivity index (χ3v) is 5.53. The van der Waals surface area contributed by atoms with Crippen LogP contribution < -0.4 is 10.2 Å². The molecule has 1 aliphatic heterocycles. The van der Waals surface area contributed by atoms with Gasteiger partial charge in [-0.3, -0.25) is 14.5 Å². The van der Waals surface area contributed by atoms with Gasteiger partial charge in [0.1, 0.15) is 17.9 Å². The number of anilines is 1. The number of halogens is 1. The molecular weight excluding hydrogens is 397 g/mol. The zero-order chi connectivity index (χ0) is 22.6. The number of para-hydroxylation sites is 1. The van der Waals surface area contributed by atoms with Gasteiger partial charge >= 0.3 is 6.03 Å². The second kappa shape index (κ2) is 9.29. The summed E-state index contributed by atoms with van der Waals surface area (Å²) in [5.74, 6) is -1.26. The molecule has 0 radical (unpaired) electrons. The van der Waals surface area contributed by atoms with E-state index in [1.807, 2.05) is 51.1 Å². The molecule has 2 aromatic rings. The highest BCUT2D eigenvalue weighted by Crippen LogP contribution is 2.34. The van der Waals surface area contributed by atoms with Crippen LogP contribution in [0.3, 0.4) is 0 Å². The Morgan fingerprint density at radius 2 is 1.74 bits per heavy atom. The van der Waals surface area contributed by atoms with Crippen molar-refractivity contribution in [1.29, 1.82) is 0 Å². The van der Waals surface area contributed by atoms with Crippen LogP contribution in [0.2, 0.25) is 0 Å². The van der Waals surface area contributed by atoms with Gasteiger partial charge in [0, 0.05) is 11.7 Å². The number of hydrogen-bond acceptors (Lipinski definition) is 3. The molecule has 1 N–H and O–H groups in total. The fourth-order valence-corrected chi connectivity index (χ4v) is 3.99. The molecule has 2 aromatic carbocycles. The molecule has 31 heavy (non-hydrogen) atoms. The largest absolute Gasteiger partial charge is 0.325 e. The van der Waals surface area contributed by atoms with Crippen LogP contribution in [-0.2, 0) is 15.1 Å². The number of nitrogens with zero attached hydrogens (tertiary/aromatic N) is 2. The van der Waals surface area contributed by atoms with Crippen molar-refractivity contribution in [3.63, 3.8) is 0 Å². The highest BCUT2D eigenvalue weighted by molar-refractivity contribution is 6.10. The van der Waals surface area contributed by atoms with E-state index in [-0.39, 0.29) is 18.5 Å². The Morgan fingerprint density at radius 1 is 1.10 bits per heavy atom. The molecule has 6 nitrogen and oxygen atoms in total. The van der Waals surface area contributed by atoms with Crippen molar-refractivity contribution in [2.75, 3.05) is 11.4 Å². The summed E-state index contributed by atoms with van der Waals surface area (Å²) in [5, 5.41) is 2.80. The highest BCUT2D eigenvalue weighted by atomic mass is 19.1. The Balaban J connectivity index is 1.90. The molecule has 0 aliphatic carbocycles. The molecule has 0 aromatic heterocycles. The highest BCUT2D eigenvalue weighted by Gasteiger charge is 2.52. The van der Waals surface area contributed by atoms with E-state index in [4.69, 9.17) is 0 Å². The Kier molecular flexibility index (Phi) is 6.73. The van der Waals surface area contributed by atoms with Crippen LogP contribution in [0.4, 0.5) is 14.9 Å². The lowest BCUT2D eigenvalue weighted by Gasteiger charge is -2.29. The Labute approximate surface area is 182 Å². The van der Waals surface area contributed by atoms with Crippen molar-refractivity contribution in [3.05, 3.63) is 66.0 Å². The van der Waals surface area contributed by atoms with Crippen LogP contribution in [0.5, 0.6) is 0 Å². The van der Waals surface area contributed by atoms with Gasteiger partial charge in [0.25, 0.3) is 5.91 Å². The van der Waals surface area contributed by atoms with Gasteiger partial charge in [-0.15, -0.1) is 0 Å². The zero-order valence-corrected chi connectivity index (χ0v) is 18.1. The molecule has 0 spiro atoms. The van der Waals surface area contributed by atoms with Crippen molar-refractivity contribution in [2.24, 2.45) is 0 Å². The topological polar surface area (TPSA) is 69.7 Å². The Morgan fingerprint density at radius 3 is 2.32 bits per heavy atom. The lowest BCUT2D eigenvalue weighted by Crippen LogP contribution is -2.47. The predicted octanol–water partition coefficient (Wildman–Crippen LogP) is 4.20. The minimum absolute atomic E-state index is 0.155. The number of rotatable bonds is 8. The number of amides is 4. The van der Waals surface area contributed by atoms with Crippen molar-refractivity contribution < 1.29 is 18.8 Å². The van der Waals surface area contributed by atoms with E-state index in [2.05, 4.69) is 5.32 Å². The van der Waals surface area contributed by atoms with Crippen LogP contribution in [-0.4, -0.2) is 35.3 Å². The normalized spacial score (nSPS) is 18.4. The molecule has 164 valence electrons. The lowest BCUT2D eigenvalue weighted by molar-refractivity contribution is -0.135. The first-order valence-corrected chi connectivity index (χ1v) is 10.6. The van der Waals surface area contributed by atoms with Gasteiger partial charge in [-0.1, -0.05) is 50.1 Å². The van der Waals surface area contributed by atoms with Gasteiger partial charge in [0.05, 0.1) is 0 Å². The van der Waals surface area contributed by atoms with Crippen molar-refractivity contribution in [3.8, 4) is 0 Å². The van der Waals surface area contributed by atoms with E-state index < -0.39 is 23.3 Å². The summed E-state index contributed by atoms with van der Waals surface area (Å²) in [7, 11) is 0. The summed E-state index contributed by atoms with van der Waals surface area (Å²) >= 11 is 0. The van der Waals surface area contributed by atoms with Gasteiger partial charge in [0.2, 0.25) is 5.91 Å². The second-order valence-electron chi connectivity index (χ2n) is 8.03. The maximum absolute atomic E-state index is 13.5. The maximum Gasteiger partial charge on any atom is 0.325 e. The van der Waals surface area contributed by atoms with E-state index in [1.54, 1.807) is 4.90 Å². The number of carbonyl (C=O) groups excluding carboxylic acids is 3. The first kappa shape index (κ1) is 22.5. The van der Waals surface area contributed by atoms with Crippen LogP contribution >= 0.6 is 0 Å². The molecule has 1 fully saturated rings. The second-order valence-corrected chi connectivity index (χ2v) is 8.03. The van der Waals surface area contributed by atoms with Crippen LogP contribution in [0, 0.1) is 5.82 Å². The number of hydrogen-bond donors (Lipinski definition) is 1. The van der Waals surface area contributed by atoms with Gasteiger partial charge in [-0.2, -0.15) is 0 Å². The van der Waals surface area contributed by atoms with E-state index in [1.165, 1.54) is 24.3 Å². The third kappa shape index (κ3) is 4.45. The first-order chi connectivity index (χ1) is 14.8. The Bertz CT molecular complexity index is 946. The molecule has 1 atom stereocenters. The number of nitrogens with one attached hydrogen (secondary N) is 1. The summed E-state index contributed by atoms with van der Waals surface area (Å²) in [6.45, 7) is 5.37.